The Kier molecular flexibility index (Phi) is 4.93. The van der Waals surface area contributed by atoms with E-state index in [4.69, 9.17) is 4.99 Å². The molecule has 1 atom stereocenters. The highest BCUT2D eigenvalue weighted by atomic mass is 32.1. The fourth-order valence-electron chi connectivity index (χ4n) is 7.27. The Hall–Kier alpha value is -5.45. The zero-order valence-corrected chi connectivity index (χ0v) is 24.5. The Morgan fingerprint density at radius 3 is 1.91 bits per heavy atom. The number of hydrogen-bond donors (Lipinski definition) is 0. The van der Waals surface area contributed by atoms with Crippen LogP contribution in [0.2, 0.25) is 0 Å². The summed E-state index contributed by atoms with van der Waals surface area (Å²) in [5, 5.41) is 7.66. The molecule has 6 aromatic carbocycles. The van der Waals surface area contributed by atoms with Crippen molar-refractivity contribution >= 4 is 81.0 Å². The van der Waals surface area contributed by atoms with Gasteiger partial charge in [-0.2, -0.15) is 0 Å². The second kappa shape index (κ2) is 9.03. The molecule has 1 aliphatic heterocycles. The van der Waals surface area contributed by atoms with Crippen molar-refractivity contribution < 1.29 is 0 Å². The van der Waals surface area contributed by atoms with Crippen LogP contribution in [0.4, 0.5) is 0 Å². The quantitative estimate of drug-likeness (QED) is 0.194. The molecule has 0 aliphatic carbocycles. The van der Waals surface area contributed by atoms with E-state index in [1.165, 1.54) is 74.9 Å². The van der Waals surface area contributed by atoms with Gasteiger partial charge in [0.1, 0.15) is 12.0 Å². The summed E-state index contributed by atoms with van der Waals surface area (Å²) >= 11 is 1.88. The third-order valence-corrected chi connectivity index (χ3v) is 10.4. The van der Waals surface area contributed by atoms with Crippen LogP contribution in [0.25, 0.3) is 74.9 Å². The average Bonchev–Trinajstić information content (AvgIpc) is 3.85. The molecule has 0 saturated carbocycles. The minimum Gasteiger partial charge on any atom is -0.314 e. The minimum absolute atomic E-state index is 0.115. The highest BCUT2D eigenvalue weighted by Gasteiger charge is 2.22. The van der Waals surface area contributed by atoms with Gasteiger partial charge in [0.25, 0.3) is 0 Å². The number of aliphatic imine (C=N–C) groups is 1. The maximum Gasteiger partial charge on any atom is 0.147 e. The lowest BCUT2D eigenvalue weighted by Gasteiger charge is -2.12. The van der Waals surface area contributed by atoms with Crippen molar-refractivity contribution in [3.05, 3.63) is 146 Å². The van der Waals surface area contributed by atoms with Gasteiger partial charge in [-0.3, -0.25) is 4.57 Å². The van der Waals surface area contributed by atoms with Crippen molar-refractivity contribution in [1.29, 1.82) is 0 Å². The van der Waals surface area contributed by atoms with Gasteiger partial charge in [0.2, 0.25) is 0 Å². The summed E-state index contributed by atoms with van der Waals surface area (Å²) in [5.74, 6) is 0.961. The molecule has 0 bridgehead atoms. The fraction of sp³-hybridized carbons (Fsp3) is 0.0250. The Morgan fingerprint density at radius 1 is 0.523 bits per heavy atom. The summed E-state index contributed by atoms with van der Waals surface area (Å²) in [4.78, 5) is 5.35. The molecule has 1 unspecified atom stereocenters. The number of rotatable bonds is 2. The first kappa shape index (κ1) is 24.0. The molecular formula is C40H25N3S. The van der Waals surface area contributed by atoms with Crippen LogP contribution < -0.4 is 0 Å². The molecule has 3 aromatic heterocycles. The van der Waals surface area contributed by atoms with Gasteiger partial charge < -0.3 is 4.57 Å². The first-order chi connectivity index (χ1) is 21.8. The number of para-hydroxylation sites is 3. The monoisotopic (exact) mass is 579 g/mol. The van der Waals surface area contributed by atoms with E-state index in [-0.39, 0.29) is 6.17 Å². The summed E-state index contributed by atoms with van der Waals surface area (Å²) < 4.78 is 7.37. The third-order valence-electron chi connectivity index (χ3n) is 9.18. The molecule has 4 heteroatoms. The number of nitrogens with zero attached hydrogens (tertiary/aromatic N) is 3. The molecule has 9 aromatic rings. The van der Waals surface area contributed by atoms with Crippen molar-refractivity contribution in [1.82, 2.24) is 9.13 Å². The zero-order chi connectivity index (χ0) is 28.8. The van der Waals surface area contributed by atoms with Crippen molar-refractivity contribution in [3.63, 3.8) is 0 Å². The maximum absolute atomic E-state index is 5.35. The Balaban J connectivity index is 1.16. The molecule has 3 nitrogen and oxygen atoms in total. The standard InChI is InChI=1S/C40H25N3S/c1-5-16-33-27(10-1)28-11-2-6-17-34(28)42(33)38-22-23-39(41-38)43-35-18-7-3-12-29(35)32-24-25(20-21-36(32)43)26-14-9-15-31-30-13-4-8-19-37(30)44-40(26)31/h1-24,38H. The van der Waals surface area contributed by atoms with Crippen LogP contribution in [-0.4, -0.2) is 15.0 Å². The normalized spacial score (nSPS) is 15.1. The topological polar surface area (TPSA) is 22.2 Å². The van der Waals surface area contributed by atoms with Gasteiger partial charge in [-0.1, -0.05) is 97.1 Å². The van der Waals surface area contributed by atoms with E-state index in [0.29, 0.717) is 0 Å². The van der Waals surface area contributed by atoms with Gasteiger partial charge in [-0.25, -0.2) is 4.99 Å². The van der Waals surface area contributed by atoms with Gasteiger partial charge in [0.15, 0.2) is 0 Å². The van der Waals surface area contributed by atoms with Crippen molar-refractivity contribution in [2.75, 3.05) is 0 Å². The van der Waals surface area contributed by atoms with Crippen LogP contribution in [0, 0.1) is 0 Å². The molecule has 0 fully saturated rings. The van der Waals surface area contributed by atoms with Gasteiger partial charge in [-0.15, -0.1) is 11.3 Å². The lowest BCUT2D eigenvalue weighted by Crippen LogP contribution is -2.08. The van der Waals surface area contributed by atoms with Gasteiger partial charge >= 0.3 is 0 Å². The minimum atomic E-state index is -0.115. The van der Waals surface area contributed by atoms with Crippen molar-refractivity contribution in [2.24, 2.45) is 4.99 Å². The van der Waals surface area contributed by atoms with Crippen LogP contribution in [0.3, 0.4) is 0 Å². The van der Waals surface area contributed by atoms with Gasteiger partial charge in [0, 0.05) is 41.7 Å². The number of fused-ring (bicyclic) bond motifs is 9. The number of thiophene rings is 1. The Bertz CT molecular complexity index is 2630. The second-order valence-electron chi connectivity index (χ2n) is 11.5. The molecule has 1 aliphatic rings. The van der Waals surface area contributed by atoms with Crippen molar-refractivity contribution in [3.8, 4) is 11.1 Å². The molecule has 10 rings (SSSR count). The Labute approximate surface area is 257 Å². The number of allylic oxidation sites excluding steroid dienone is 1. The van der Waals surface area contributed by atoms with Crippen LogP contribution >= 0.6 is 11.3 Å². The van der Waals surface area contributed by atoms with E-state index in [0.717, 1.165) is 5.84 Å². The molecule has 206 valence electrons. The molecule has 0 amide bonds. The van der Waals surface area contributed by atoms with Gasteiger partial charge in [0.05, 0.1) is 22.1 Å². The third kappa shape index (κ3) is 3.29. The largest absolute Gasteiger partial charge is 0.314 e. The zero-order valence-electron chi connectivity index (χ0n) is 23.7. The Morgan fingerprint density at radius 2 is 1.14 bits per heavy atom. The summed E-state index contributed by atoms with van der Waals surface area (Å²) in [7, 11) is 0. The fourth-order valence-corrected chi connectivity index (χ4v) is 8.51. The summed E-state index contributed by atoms with van der Waals surface area (Å²) in [5.41, 5.74) is 7.28. The molecule has 0 spiro atoms. The predicted octanol–water partition coefficient (Wildman–Crippen LogP) is 11.0. The van der Waals surface area contributed by atoms with Crippen LogP contribution in [0.15, 0.2) is 151 Å². The molecule has 4 heterocycles. The van der Waals surface area contributed by atoms with E-state index in [9.17, 15) is 0 Å². The average molecular weight is 580 g/mol. The predicted molar refractivity (Wildman–Crippen MR) is 188 cm³/mol. The number of aromatic nitrogens is 2. The van der Waals surface area contributed by atoms with E-state index in [1.807, 2.05) is 11.3 Å². The SMILES string of the molecule is C1=CC(n2c3ccccc3c3ccccc32)N=C1n1c2ccccc2c2cc(-c3cccc4c3sc3ccccc34)ccc21. The first-order valence-electron chi connectivity index (χ1n) is 15.0. The summed E-state index contributed by atoms with van der Waals surface area (Å²) in [6.07, 6.45) is 4.30. The smallest absolute Gasteiger partial charge is 0.147 e. The van der Waals surface area contributed by atoms with E-state index >= 15 is 0 Å². The molecule has 0 N–H and O–H groups in total. The lowest BCUT2D eigenvalue weighted by molar-refractivity contribution is 0.688. The summed E-state index contributed by atoms with van der Waals surface area (Å²) in [6.45, 7) is 0. The molecule has 44 heavy (non-hydrogen) atoms. The number of hydrogen-bond acceptors (Lipinski definition) is 2. The van der Waals surface area contributed by atoms with Crippen LogP contribution in [-0.2, 0) is 0 Å². The van der Waals surface area contributed by atoms with Crippen LogP contribution in [0.5, 0.6) is 0 Å². The van der Waals surface area contributed by atoms with Crippen LogP contribution in [0.1, 0.15) is 6.17 Å². The summed E-state index contributed by atoms with van der Waals surface area (Å²) in [6, 6.07) is 48.4. The van der Waals surface area contributed by atoms with E-state index in [2.05, 4.69) is 155 Å². The van der Waals surface area contributed by atoms with Crippen molar-refractivity contribution in [2.45, 2.75) is 6.17 Å². The van der Waals surface area contributed by atoms with E-state index < -0.39 is 0 Å². The molecular weight excluding hydrogens is 555 g/mol. The number of benzene rings is 6. The maximum atomic E-state index is 5.35. The highest BCUT2D eigenvalue weighted by molar-refractivity contribution is 7.26. The van der Waals surface area contributed by atoms with Gasteiger partial charge in [-0.05, 0) is 59.7 Å². The lowest BCUT2D eigenvalue weighted by atomic mass is 10.0. The second-order valence-corrected chi connectivity index (χ2v) is 12.6. The van der Waals surface area contributed by atoms with E-state index in [1.54, 1.807) is 0 Å². The highest BCUT2D eigenvalue weighted by Crippen LogP contribution is 2.42. The molecule has 0 radical (unpaired) electrons. The first-order valence-corrected chi connectivity index (χ1v) is 15.8. The molecule has 0 saturated heterocycles.